The van der Waals surface area contributed by atoms with E-state index < -0.39 is 5.97 Å². The van der Waals surface area contributed by atoms with Gasteiger partial charge in [-0.3, -0.25) is 9.59 Å². The summed E-state index contributed by atoms with van der Waals surface area (Å²) >= 11 is 10.7. The summed E-state index contributed by atoms with van der Waals surface area (Å²) in [7, 11) is 0. The lowest BCUT2D eigenvalue weighted by Crippen LogP contribution is -2.15. The van der Waals surface area contributed by atoms with Gasteiger partial charge in [0.25, 0.3) is 0 Å². The summed E-state index contributed by atoms with van der Waals surface area (Å²) in [5.74, 6) is 0.372. The van der Waals surface area contributed by atoms with E-state index in [-0.39, 0.29) is 35.6 Å². The zero-order chi connectivity index (χ0) is 24.4. The van der Waals surface area contributed by atoms with Crippen LogP contribution in [0.3, 0.4) is 0 Å². The molecule has 7 nitrogen and oxygen atoms in total. The first-order valence-electron chi connectivity index (χ1n) is 10.3. The highest BCUT2D eigenvalue weighted by Gasteiger charge is 2.17. The minimum atomic E-state index is -0.425. The first-order valence-corrected chi connectivity index (χ1v) is 11.3. The number of hydrogen-bond donors (Lipinski definition) is 0. The molecule has 0 aliphatic carbocycles. The van der Waals surface area contributed by atoms with E-state index in [1.807, 2.05) is 20.8 Å². The first-order chi connectivity index (χ1) is 14.5. The molecule has 1 atom stereocenters. The van der Waals surface area contributed by atoms with Crippen molar-refractivity contribution in [2.45, 2.75) is 66.4 Å². The maximum Gasteiger partial charge on any atom is 0.341 e. The Bertz CT molecular complexity index is 627. The van der Waals surface area contributed by atoms with Crippen molar-refractivity contribution in [3.63, 3.8) is 0 Å². The van der Waals surface area contributed by atoms with Crippen LogP contribution >= 0.6 is 23.2 Å². The smallest absolute Gasteiger partial charge is 0.341 e. The van der Waals surface area contributed by atoms with Crippen LogP contribution in [0.2, 0.25) is 0 Å². The monoisotopic (exact) mass is 482 g/mol. The van der Waals surface area contributed by atoms with Crippen molar-refractivity contribution in [1.82, 2.24) is 0 Å². The number of Topliss-reactive ketones (excluding diaryl/α,β-unsaturated/α-hetero) is 1. The van der Waals surface area contributed by atoms with Crippen LogP contribution in [0.15, 0.2) is 16.7 Å². The average molecular weight is 483 g/mol. The number of alkyl halides is 2. The normalized spacial score (nSPS) is 11.1. The Morgan fingerprint density at radius 1 is 1.00 bits per heavy atom. The van der Waals surface area contributed by atoms with Crippen LogP contribution in [0, 0.1) is 5.92 Å². The van der Waals surface area contributed by atoms with E-state index in [0.29, 0.717) is 37.0 Å². The van der Waals surface area contributed by atoms with Crippen molar-refractivity contribution >= 4 is 40.9 Å². The predicted molar refractivity (Wildman–Crippen MR) is 122 cm³/mol. The molecule has 180 valence electrons. The van der Waals surface area contributed by atoms with Gasteiger partial charge in [-0.1, -0.05) is 39.3 Å². The summed E-state index contributed by atoms with van der Waals surface area (Å²) in [5, 5.41) is 0. The molecule has 0 N–H and O–H groups in total. The standard InChI is InChI=1S/C10H14O3.C8H14O3.C4H8Cl2O/c1-4-12-10(11)8-5-6-13-9(8)7(2)3;1-4-11-8(10)5-7(9)6(2)3;1-2-7-4(6)3-5/h5-7H,4H2,1-3H3;6H,4-5H2,1-3H3;4H,2-3H2,1H3. The minimum Gasteiger partial charge on any atom is -0.468 e. The Morgan fingerprint density at radius 2 is 1.58 bits per heavy atom. The summed E-state index contributed by atoms with van der Waals surface area (Å²) < 4.78 is 19.5. The van der Waals surface area contributed by atoms with Gasteiger partial charge in [-0.25, -0.2) is 4.79 Å². The molecule has 31 heavy (non-hydrogen) atoms. The Balaban J connectivity index is 0. The Kier molecular flexibility index (Phi) is 19.5. The molecule has 0 saturated heterocycles. The molecule has 0 radical (unpaired) electrons. The molecule has 0 saturated carbocycles. The Labute approximate surface area is 195 Å². The van der Waals surface area contributed by atoms with E-state index in [1.54, 1.807) is 33.8 Å². The number of ether oxygens (including phenoxy) is 3. The first kappa shape index (κ1) is 31.6. The fraction of sp³-hybridized carbons (Fsp3) is 0.682. The second kappa shape index (κ2) is 19.1. The third-order valence-electron chi connectivity index (χ3n) is 3.45. The third-order valence-corrected chi connectivity index (χ3v) is 4.17. The van der Waals surface area contributed by atoms with Crippen LogP contribution in [0.25, 0.3) is 0 Å². The van der Waals surface area contributed by atoms with Gasteiger partial charge in [0.05, 0.1) is 25.4 Å². The van der Waals surface area contributed by atoms with Crippen LogP contribution in [-0.2, 0) is 23.8 Å². The highest BCUT2D eigenvalue weighted by atomic mass is 35.5. The van der Waals surface area contributed by atoms with Crippen molar-refractivity contribution in [2.24, 2.45) is 5.92 Å². The quantitative estimate of drug-likeness (QED) is 0.244. The number of furan rings is 1. The van der Waals surface area contributed by atoms with E-state index in [2.05, 4.69) is 4.74 Å². The molecule has 0 bridgehead atoms. The zero-order valence-corrected chi connectivity index (χ0v) is 21.0. The largest absolute Gasteiger partial charge is 0.468 e. The summed E-state index contributed by atoms with van der Waals surface area (Å²) in [6, 6.07) is 1.65. The van der Waals surface area contributed by atoms with Gasteiger partial charge in [-0.05, 0) is 26.8 Å². The van der Waals surface area contributed by atoms with Crippen LogP contribution < -0.4 is 0 Å². The molecule has 1 unspecified atom stereocenters. The zero-order valence-electron chi connectivity index (χ0n) is 19.5. The summed E-state index contributed by atoms with van der Waals surface area (Å²) in [4.78, 5) is 33.0. The number of rotatable bonds is 10. The topological polar surface area (TPSA) is 92.0 Å². The molecule has 9 heteroatoms. The number of ketones is 1. The average Bonchev–Trinajstić information content (AvgIpc) is 3.20. The Morgan fingerprint density at radius 3 is 1.97 bits per heavy atom. The van der Waals surface area contributed by atoms with Crippen molar-refractivity contribution < 1.29 is 33.0 Å². The van der Waals surface area contributed by atoms with Crippen molar-refractivity contribution in [3.8, 4) is 0 Å². The van der Waals surface area contributed by atoms with Gasteiger partial charge in [0, 0.05) is 18.4 Å². The van der Waals surface area contributed by atoms with Gasteiger partial charge in [0.1, 0.15) is 29.1 Å². The van der Waals surface area contributed by atoms with Crippen molar-refractivity contribution in [3.05, 3.63) is 23.7 Å². The molecule has 1 heterocycles. The molecule has 0 spiro atoms. The molecule has 1 aromatic rings. The van der Waals surface area contributed by atoms with Crippen molar-refractivity contribution in [1.29, 1.82) is 0 Å². The number of esters is 2. The molecule has 0 fully saturated rings. The van der Waals surface area contributed by atoms with Gasteiger partial charge < -0.3 is 18.6 Å². The summed E-state index contributed by atoms with van der Waals surface area (Å²) in [5.41, 5.74) is 0.225. The molecular formula is C22H36Cl2O7. The second-order valence-electron chi connectivity index (χ2n) is 6.70. The van der Waals surface area contributed by atoms with E-state index in [4.69, 9.17) is 37.1 Å². The van der Waals surface area contributed by atoms with Crippen LogP contribution in [0.5, 0.6) is 0 Å². The highest BCUT2D eigenvalue weighted by molar-refractivity contribution is 6.27. The van der Waals surface area contributed by atoms with Gasteiger partial charge >= 0.3 is 11.9 Å². The van der Waals surface area contributed by atoms with Gasteiger partial charge in [-0.2, -0.15) is 0 Å². The fourth-order valence-corrected chi connectivity index (χ4v) is 2.14. The van der Waals surface area contributed by atoms with E-state index >= 15 is 0 Å². The summed E-state index contributed by atoms with van der Waals surface area (Å²) in [6.07, 6.45) is 1.42. The van der Waals surface area contributed by atoms with Gasteiger partial charge in [0.15, 0.2) is 0 Å². The molecule has 1 aromatic heterocycles. The van der Waals surface area contributed by atoms with E-state index in [1.165, 1.54) is 6.26 Å². The SMILES string of the molecule is CCOC(=O)CC(=O)C(C)C.CCOC(=O)c1ccoc1C(C)C.CCOC(Cl)CCl. The lowest BCUT2D eigenvalue weighted by Gasteiger charge is -2.04. The van der Waals surface area contributed by atoms with Crippen LogP contribution in [0.1, 0.15) is 76.9 Å². The number of hydrogen-bond acceptors (Lipinski definition) is 7. The maximum atomic E-state index is 11.3. The maximum absolute atomic E-state index is 11.3. The third kappa shape index (κ3) is 15.8. The molecule has 0 amide bonds. The Hall–Kier alpha value is -1.57. The van der Waals surface area contributed by atoms with Crippen LogP contribution in [-0.4, -0.2) is 49.0 Å². The molecule has 0 aliphatic rings. The molecular weight excluding hydrogens is 447 g/mol. The molecule has 0 aliphatic heterocycles. The van der Waals surface area contributed by atoms with Crippen molar-refractivity contribution in [2.75, 3.05) is 25.7 Å². The highest BCUT2D eigenvalue weighted by Crippen LogP contribution is 2.21. The predicted octanol–water partition coefficient (Wildman–Crippen LogP) is 5.57. The number of carbonyl (C=O) groups is 3. The number of halogens is 2. The lowest BCUT2D eigenvalue weighted by atomic mass is 10.1. The van der Waals surface area contributed by atoms with Crippen LogP contribution in [0.4, 0.5) is 0 Å². The van der Waals surface area contributed by atoms with Gasteiger partial charge in [-0.15, -0.1) is 11.6 Å². The second-order valence-corrected chi connectivity index (χ2v) is 7.49. The van der Waals surface area contributed by atoms with Gasteiger partial charge in [0.2, 0.25) is 0 Å². The van der Waals surface area contributed by atoms with E-state index in [0.717, 1.165) is 0 Å². The summed E-state index contributed by atoms with van der Waals surface area (Å²) in [6.45, 7) is 14.2. The number of carbonyl (C=O) groups excluding carboxylic acids is 3. The fourth-order valence-electron chi connectivity index (χ4n) is 1.93. The minimum absolute atomic E-state index is 0.0662. The van der Waals surface area contributed by atoms with E-state index in [9.17, 15) is 14.4 Å². The lowest BCUT2D eigenvalue weighted by molar-refractivity contribution is -0.146. The molecule has 1 rings (SSSR count). The molecule has 0 aromatic carbocycles.